The first kappa shape index (κ1) is 20.0. The molecule has 4 nitrogen and oxygen atoms in total. The highest BCUT2D eigenvalue weighted by Crippen LogP contribution is 2.30. The van der Waals surface area contributed by atoms with Gasteiger partial charge in [-0.1, -0.05) is 18.2 Å². The van der Waals surface area contributed by atoms with Crippen LogP contribution in [-0.2, 0) is 22.3 Å². The van der Waals surface area contributed by atoms with Gasteiger partial charge in [-0.25, -0.2) is 8.78 Å². The number of likely N-dealkylation sites (tertiary alicyclic amines) is 1. The van der Waals surface area contributed by atoms with Crippen LogP contribution in [0.3, 0.4) is 0 Å². The number of rotatable bonds is 3. The predicted molar refractivity (Wildman–Crippen MR) is 87.2 cm³/mol. The van der Waals surface area contributed by atoms with Crippen molar-refractivity contribution in [3.63, 3.8) is 0 Å². The van der Waals surface area contributed by atoms with Crippen molar-refractivity contribution >= 4 is 5.91 Å². The minimum atomic E-state index is -4.41. The SMILES string of the molecule is O=C(C1CN(Cc2cccc(C(F)(F)F)c2)CCO1)N1CCC(F)(F)CC1. The normalized spacial score (nSPS) is 24.0. The zero-order chi connectivity index (χ0) is 19.7. The molecule has 1 unspecified atom stereocenters. The van der Waals surface area contributed by atoms with Gasteiger partial charge in [0.05, 0.1) is 12.2 Å². The molecule has 0 saturated carbocycles. The highest BCUT2D eigenvalue weighted by Gasteiger charge is 2.38. The molecular weight excluding hydrogens is 371 g/mol. The molecule has 2 fully saturated rings. The second-order valence-electron chi connectivity index (χ2n) is 6.97. The summed E-state index contributed by atoms with van der Waals surface area (Å²) in [6.45, 7) is 1.20. The molecule has 2 aliphatic rings. The molecule has 1 aromatic carbocycles. The second kappa shape index (κ2) is 7.71. The summed E-state index contributed by atoms with van der Waals surface area (Å²) in [5.41, 5.74) is -0.217. The van der Waals surface area contributed by atoms with E-state index >= 15 is 0 Å². The molecule has 0 aromatic heterocycles. The summed E-state index contributed by atoms with van der Waals surface area (Å²) in [5.74, 6) is -3.07. The van der Waals surface area contributed by atoms with Crippen LogP contribution in [0.15, 0.2) is 24.3 Å². The zero-order valence-corrected chi connectivity index (χ0v) is 14.6. The molecule has 2 aliphatic heterocycles. The Bertz CT molecular complexity index is 670. The number of nitrogens with zero attached hydrogens (tertiary/aromatic N) is 2. The number of morpholine rings is 1. The Labute approximate surface area is 153 Å². The standard InChI is InChI=1S/C18H21F5N2O2/c19-17(20)4-6-25(7-5-17)16(26)15-12-24(8-9-27-15)11-13-2-1-3-14(10-13)18(21,22)23/h1-3,10,15H,4-9,11-12H2. The first-order chi connectivity index (χ1) is 12.6. The van der Waals surface area contributed by atoms with Crippen LogP contribution in [0.4, 0.5) is 22.0 Å². The van der Waals surface area contributed by atoms with Crippen molar-refractivity contribution in [2.24, 2.45) is 0 Å². The molecule has 1 aromatic rings. The first-order valence-corrected chi connectivity index (χ1v) is 8.81. The molecule has 0 N–H and O–H groups in total. The number of hydrogen-bond acceptors (Lipinski definition) is 3. The van der Waals surface area contributed by atoms with Gasteiger partial charge in [0.15, 0.2) is 0 Å². The highest BCUT2D eigenvalue weighted by atomic mass is 19.4. The van der Waals surface area contributed by atoms with Gasteiger partial charge in [-0.15, -0.1) is 0 Å². The van der Waals surface area contributed by atoms with E-state index in [4.69, 9.17) is 4.74 Å². The van der Waals surface area contributed by atoms with E-state index in [1.54, 1.807) is 6.07 Å². The molecule has 2 heterocycles. The smallest absolute Gasteiger partial charge is 0.366 e. The van der Waals surface area contributed by atoms with Gasteiger partial charge in [0.25, 0.3) is 11.8 Å². The highest BCUT2D eigenvalue weighted by molar-refractivity contribution is 5.81. The number of carbonyl (C=O) groups is 1. The fourth-order valence-electron chi connectivity index (χ4n) is 3.36. The summed E-state index contributed by atoms with van der Waals surface area (Å²) in [4.78, 5) is 15.8. The quantitative estimate of drug-likeness (QED) is 0.741. The number of alkyl halides is 5. The largest absolute Gasteiger partial charge is 0.416 e. The van der Waals surface area contributed by atoms with Gasteiger partial charge < -0.3 is 9.64 Å². The average molecular weight is 392 g/mol. The number of halogens is 5. The molecule has 27 heavy (non-hydrogen) atoms. The topological polar surface area (TPSA) is 32.8 Å². The molecule has 0 spiro atoms. The summed E-state index contributed by atoms with van der Waals surface area (Å²) < 4.78 is 70.5. The average Bonchev–Trinajstić information content (AvgIpc) is 2.61. The van der Waals surface area contributed by atoms with Crippen molar-refractivity contribution in [1.29, 1.82) is 0 Å². The van der Waals surface area contributed by atoms with Crippen molar-refractivity contribution < 1.29 is 31.5 Å². The minimum absolute atomic E-state index is 0.0146. The van der Waals surface area contributed by atoms with E-state index in [1.165, 1.54) is 11.0 Å². The van der Waals surface area contributed by atoms with E-state index in [2.05, 4.69) is 0 Å². The maximum absolute atomic E-state index is 13.2. The summed E-state index contributed by atoms with van der Waals surface area (Å²) in [5, 5.41) is 0. The summed E-state index contributed by atoms with van der Waals surface area (Å²) in [6.07, 6.45) is -5.91. The summed E-state index contributed by atoms with van der Waals surface area (Å²) in [7, 11) is 0. The molecule has 150 valence electrons. The molecule has 9 heteroatoms. The van der Waals surface area contributed by atoms with E-state index in [-0.39, 0.29) is 51.5 Å². The molecule has 3 rings (SSSR count). The second-order valence-corrected chi connectivity index (χ2v) is 6.97. The van der Waals surface area contributed by atoms with Crippen LogP contribution in [0.25, 0.3) is 0 Å². The Kier molecular flexibility index (Phi) is 5.71. The number of benzene rings is 1. The summed E-state index contributed by atoms with van der Waals surface area (Å²) in [6, 6.07) is 5.07. The number of ether oxygens (including phenoxy) is 1. The van der Waals surface area contributed by atoms with E-state index in [9.17, 15) is 26.7 Å². The van der Waals surface area contributed by atoms with Crippen LogP contribution >= 0.6 is 0 Å². The molecule has 0 radical (unpaired) electrons. The molecule has 1 amide bonds. The van der Waals surface area contributed by atoms with Crippen LogP contribution < -0.4 is 0 Å². The van der Waals surface area contributed by atoms with Crippen LogP contribution in [-0.4, -0.2) is 60.5 Å². The number of carbonyl (C=O) groups excluding carboxylic acids is 1. The van der Waals surface area contributed by atoms with Gasteiger partial charge in [-0.2, -0.15) is 13.2 Å². The Hall–Kier alpha value is -1.74. The molecule has 0 aliphatic carbocycles. The fourth-order valence-corrected chi connectivity index (χ4v) is 3.36. The molecule has 2 saturated heterocycles. The van der Waals surface area contributed by atoms with E-state index in [0.717, 1.165) is 12.1 Å². The fraction of sp³-hybridized carbons (Fsp3) is 0.611. The number of amides is 1. The van der Waals surface area contributed by atoms with Crippen LogP contribution in [0, 0.1) is 0 Å². The van der Waals surface area contributed by atoms with Crippen molar-refractivity contribution in [3.05, 3.63) is 35.4 Å². The van der Waals surface area contributed by atoms with E-state index < -0.39 is 23.8 Å². The van der Waals surface area contributed by atoms with Crippen molar-refractivity contribution in [3.8, 4) is 0 Å². The Morgan fingerprint density at radius 2 is 1.89 bits per heavy atom. The lowest BCUT2D eigenvalue weighted by atomic mass is 10.1. The molecule has 1 atom stereocenters. The van der Waals surface area contributed by atoms with Crippen LogP contribution in [0.1, 0.15) is 24.0 Å². The van der Waals surface area contributed by atoms with Crippen LogP contribution in [0.5, 0.6) is 0 Å². The maximum Gasteiger partial charge on any atom is 0.416 e. The van der Waals surface area contributed by atoms with E-state index in [0.29, 0.717) is 12.1 Å². The van der Waals surface area contributed by atoms with Gasteiger partial charge >= 0.3 is 6.18 Å². The van der Waals surface area contributed by atoms with Crippen molar-refractivity contribution in [1.82, 2.24) is 9.80 Å². The van der Waals surface area contributed by atoms with Gasteiger partial charge in [-0.3, -0.25) is 9.69 Å². The third-order valence-corrected chi connectivity index (χ3v) is 4.89. The van der Waals surface area contributed by atoms with Crippen LogP contribution in [0.2, 0.25) is 0 Å². The van der Waals surface area contributed by atoms with E-state index in [1.807, 2.05) is 4.90 Å². The van der Waals surface area contributed by atoms with Gasteiger partial charge in [-0.05, 0) is 11.6 Å². The summed E-state index contributed by atoms with van der Waals surface area (Å²) >= 11 is 0. The van der Waals surface area contributed by atoms with Gasteiger partial charge in [0.2, 0.25) is 0 Å². The third-order valence-electron chi connectivity index (χ3n) is 4.89. The third kappa shape index (κ3) is 5.16. The predicted octanol–water partition coefficient (Wildman–Crippen LogP) is 3.16. The lowest BCUT2D eigenvalue weighted by molar-refractivity contribution is -0.155. The molecule has 0 bridgehead atoms. The molecular formula is C18H21F5N2O2. The monoisotopic (exact) mass is 392 g/mol. The Morgan fingerprint density at radius 3 is 2.56 bits per heavy atom. The Balaban J connectivity index is 1.59. The lowest BCUT2D eigenvalue weighted by Gasteiger charge is -2.37. The maximum atomic E-state index is 13.2. The zero-order valence-electron chi connectivity index (χ0n) is 14.6. The number of piperidine rings is 1. The van der Waals surface area contributed by atoms with Gasteiger partial charge in [0.1, 0.15) is 6.10 Å². The number of hydrogen-bond donors (Lipinski definition) is 0. The lowest BCUT2D eigenvalue weighted by Crippen LogP contribution is -2.53. The van der Waals surface area contributed by atoms with Crippen molar-refractivity contribution in [2.45, 2.75) is 37.6 Å². The first-order valence-electron chi connectivity index (χ1n) is 8.81. The minimum Gasteiger partial charge on any atom is -0.366 e. The van der Waals surface area contributed by atoms with Gasteiger partial charge in [0, 0.05) is 45.6 Å². The van der Waals surface area contributed by atoms with Crippen molar-refractivity contribution in [2.75, 3.05) is 32.8 Å². The Morgan fingerprint density at radius 1 is 1.19 bits per heavy atom.